The van der Waals surface area contributed by atoms with E-state index >= 15 is 0 Å². The number of nitrogens with zero attached hydrogens (tertiary/aromatic N) is 3. The van der Waals surface area contributed by atoms with Crippen LogP contribution in [-0.4, -0.2) is 65.9 Å². The normalized spacial score (nSPS) is 27.9. The van der Waals surface area contributed by atoms with E-state index in [-0.39, 0.29) is 18.6 Å². The van der Waals surface area contributed by atoms with E-state index in [0.717, 1.165) is 42.3 Å². The minimum Gasteiger partial charge on any atom is -0.454 e. The van der Waals surface area contributed by atoms with Crippen LogP contribution in [0.3, 0.4) is 0 Å². The summed E-state index contributed by atoms with van der Waals surface area (Å²) in [5, 5.41) is 0. The molecule has 3 aliphatic heterocycles. The zero-order valence-electron chi connectivity index (χ0n) is 17.5. The van der Waals surface area contributed by atoms with E-state index in [9.17, 15) is 4.79 Å². The van der Waals surface area contributed by atoms with Gasteiger partial charge in [-0.25, -0.2) is 0 Å². The Hall–Kier alpha value is -2.64. The molecule has 6 rings (SSSR count). The number of morpholine rings is 1. The minimum absolute atomic E-state index is 0.0373. The average Bonchev–Trinajstić information content (AvgIpc) is 3.36. The Bertz CT molecular complexity index is 980. The number of hydrogen-bond donors (Lipinski definition) is 0. The third-order valence-corrected chi connectivity index (χ3v) is 6.94. The van der Waals surface area contributed by atoms with Crippen LogP contribution in [0.1, 0.15) is 29.9 Å². The van der Waals surface area contributed by atoms with E-state index in [4.69, 9.17) is 14.2 Å². The highest BCUT2D eigenvalue weighted by Gasteiger charge is 2.57. The smallest absolute Gasteiger partial charge is 0.256 e. The van der Waals surface area contributed by atoms with Gasteiger partial charge in [-0.15, -0.1) is 0 Å². The van der Waals surface area contributed by atoms with E-state index in [2.05, 4.69) is 26.9 Å². The number of likely N-dealkylation sites (tertiary alicyclic amines) is 1. The molecular weight excluding hydrogens is 394 g/mol. The highest BCUT2D eigenvalue weighted by Crippen LogP contribution is 2.43. The molecule has 4 heterocycles. The first kappa shape index (κ1) is 19.1. The van der Waals surface area contributed by atoms with Crippen LogP contribution < -0.4 is 9.47 Å². The number of carbonyl (C=O) groups excluding carboxylic acids is 1. The molecule has 0 radical (unpaired) electrons. The Morgan fingerprint density at radius 3 is 2.90 bits per heavy atom. The van der Waals surface area contributed by atoms with Crippen LogP contribution in [-0.2, 0) is 16.1 Å². The second kappa shape index (κ2) is 7.50. The van der Waals surface area contributed by atoms with Crippen molar-refractivity contribution in [1.82, 2.24) is 14.8 Å². The van der Waals surface area contributed by atoms with Gasteiger partial charge in [0.25, 0.3) is 5.91 Å². The van der Waals surface area contributed by atoms with Gasteiger partial charge < -0.3 is 19.1 Å². The molecule has 0 N–H and O–H groups in total. The van der Waals surface area contributed by atoms with Crippen molar-refractivity contribution in [2.45, 2.75) is 30.9 Å². The Kier molecular flexibility index (Phi) is 4.61. The summed E-state index contributed by atoms with van der Waals surface area (Å²) in [6.07, 6.45) is 6.13. The molecule has 1 aromatic carbocycles. The van der Waals surface area contributed by atoms with Crippen LogP contribution in [0.4, 0.5) is 0 Å². The maximum Gasteiger partial charge on any atom is 0.256 e. The van der Waals surface area contributed by atoms with Gasteiger partial charge in [-0.3, -0.25) is 14.7 Å². The zero-order chi connectivity index (χ0) is 20.8. The first-order valence-corrected chi connectivity index (χ1v) is 11.2. The predicted octanol–water partition coefficient (Wildman–Crippen LogP) is 2.42. The second-order valence-corrected chi connectivity index (χ2v) is 9.13. The number of amides is 1. The number of hydrogen-bond acceptors (Lipinski definition) is 6. The third-order valence-electron chi connectivity index (χ3n) is 6.94. The standard InChI is InChI=1S/C24H27N3O4/c28-23-24(31-9-8-27(23)13-17-3-4-17)15-26(14-20(24)19-2-1-7-25-11-19)12-18-5-6-21-22(10-18)30-16-29-21/h1-2,5-7,10-11,17,20H,3-4,8-9,12-16H2. The van der Waals surface area contributed by atoms with Gasteiger partial charge in [0.15, 0.2) is 17.1 Å². The molecule has 1 saturated carbocycles. The predicted molar refractivity (Wildman–Crippen MR) is 113 cm³/mol. The Morgan fingerprint density at radius 2 is 2.06 bits per heavy atom. The van der Waals surface area contributed by atoms with Crippen molar-refractivity contribution in [2.75, 3.05) is 39.6 Å². The van der Waals surface area contributed by atoms with Crippen LogP contribution in [0.2, 0.25) is 0 Å². The van der Waals surface area contributed by atoms with Gasteiger partial charge in [-0.1, -0.05) is 12.1 Å². The Balaban J connectivity index is 1.29. The lowest BCUT2D eigenvalue weighted by atomic mass is 9.83. The summed E-state index contributed by atoms with van der Waals surface area (Å²) < 4.78 is 17.4. The van der Waals surface area contributed by atoms with Gasteiger partial charge >= 0.3 is 0 Å². The molecule has 3 fully saturated rings. The fourth-order valence-corrected chi connectivity index (χ4v) is 5.21. The van der Waals surface area contributed by atoms with E-state index < -0.39 is 5.60 Å². The molecule has 1 spiro atoms. The summed E-state index contributed by atoms with van der Waals surface area (Å²) in [5.74, 6) is 2.35. The number of pyridine rings is 1. The van der Waals surface area contributed by atoms with Crippen LogP contribution in [0.5, 0.6) is 11.5 Å². The monoisotopic (exact) mass is 421 g/mol. The molecule has 31 heavy (non-hydrogen) atoms. The quantitative estimate of drug-likeness (QED) is 0.739. The van der Waals surface area contributed by atoms with Crippen molar-refractivity contribution >= 4 is 5.91 Å². The molecule has 4 aliphatic rings. The fraction of sp³-hybridized carbons (Fsp3) is 0.500. The van der Waals surface area contributed by atoms with Gasteiger partial charge in [-0.05, 0) is 48.1 Å². The lowest BCUT2D eigenvalue weighted by molar-refractivity contribution is -0.172. The molecule has 1 amide bonds. The summed E-state index contributed by atoms with van der Waals surface area (Å²) in [4.78, 5) is 22.5. The van der Waals surface area contributed by atoms with Crippen LogP contribution in [0.25, 0.3) is 0 Å². The summed E-state index contributed by atoms with van der Waals surface area (Å²) in [7, 11) is 0. The summed E-state index contributed by atoms with van der Waals surface area (Å²) in [6, 6.07) is 10.1. The molecule has 0 bridgehead atoms. The molecule has 162 valence electrons. The summed E-state index contributed by atoms with van der Waals surface area (Å²) in [6.45, 7) is 4.49. The number of fused-ring (bicyclic) bond motifs is 1. The lowest BCUT2D eigenvalue weighted by Crippen LogP contribution is -2.60. The number of benzene rings is 1. The molecule has 1 aliphatic carbocycles. The van der Waals surface area contributed by atoms with Crippen molar-refractivity contribution in [3.63, 3.8) is 0 Å². The number of aromatic nitrogens is 1. The highest BCUT2D eigenvalue weighted by atomic mass is 16.7. The van der Waals surface area contributed by atoms with Gasteiger partial charge in [0, 0.05) is 51.0 Å². The lowest BCUT2D eigenvalue weighted by Gasteiger charge is -2.42. The maximum absolute atomic E-state index is 13.8. The fourth-order valence-electron chi connectivity index (χ4n) is 5.21. The summed E-state index contributed by atoms with van der Waals surface area (Å²) in [5.41, 5.74) is 1.37. The van der Waals surface area contributed by atoms with Crippen molar-refractivity contribution in [3.8, 4) is 11.5 Å². The Labute approximate surface area is 181 Å². The zero-order valence-corrected chi connectivity index (χ0v) is 17.5. The summed E-state index contributed by atoms with van der Waals surface area (Å²) >= 11 is 0. The molecule has 2 atom stereocenters. The molecule has 2 aromatic rings. The number of ether oxygens (including phenoxy) is 3. The van der Waals surface area contributed by atoms with E-state index in [0.29, 0.717) is 25.6 Å². The van der Waals surface area contributed by atoms with E-state index in [1.807, 2.05) is 24.4 Å². The van der Waals surface area contributed by atoms with Gasteiger partial charge in [0.2, 0.25) is 6.79 Å². The van der Waals surface area contributed by atoms with E-state index in [1.54, 1.807) is 6.20 Å². The first-order chi connectivity index (χ1) is 15.2. The number of carbonyl (C=O) groups is 1. The van der Waals surface area contributed by atoms with Crippen molar-refractivity contribution in [1.29, 1.82) is 0 Å². The molecule has 2 unspecified atom stereocenters. The van der Waals surface area contributed by atoms with Crippen molar-refractivity contribution < 1.29 is 19.0 Å². The molecule has 7 heteroatoms. The van der Waals surface area contributed by atoms with Gasteiger partial charge in [0.1, 0.15) is 0 Å². The maximum atomic E-state index is 13.8. The van der Waals surface area contributed by atoms with Crippen LogP contribution >= 0.6 is 0 Å². The van der Waals surface area contributed by atoms with Crippen LogP contribution in [0, 0.1) is 5.92 Å². The number of rotatable bonds is 5. The molecule has 7 nitrogen and oxygen atoms in total. The molecular formula is C24H27N3O4. The average molecular weight is 421 g/mol. The molecule has 1 aromatic heterocycles. The second-order valence-electron chi connectivity index (χ2n) is 9.13. The third kappa shape index (κ3) is 3.46. The largest absolute Gasteiger partial charge is 0.454 e. The topological polar surface area (TPSA) is 64.1 Å². The van der Waals surface area contributed by atoms with Crippen molar-refractivity contribution in [3.05, 3.63) is 53.9 Å². The first-order valence-electron chi connectivity index (χ1n) is 11.2. The Morgan fingerprint density at radius 1 is 1.16 bits per heavy atom. The van der Waals surface area contributed by atoms with Crippen molar-refractivity contribution in [2.24, 2.45) is 5.92 Å². The SMILES string of the molecule is O=C1N(CC2CC2)CCOC12CN(Cc1ccc3c(c1)OCO3)CC2c1cccnc1. The minimum atomic E-state index is -0.841. The van der Waals surface area contributed by atoms with Crippen LogP contribution in [0.15, 0.2) is 42.7 Å². The van der Waals surface area contributed by atoms with E-state index in [1.165, 1.54) is 12.8 Å². The van der Waals surface area contributed by atoms with Gasteiger partial charge in [0.05, 0.1) is 6.61 Å². The highest BCUT2D eigenvalue weighted by molar-refractivity contribution is 5.88. The van der Waals surface area contributed by atoms with Gasteiger partial charge in [-0.2, -0.15) is 0 Å². The molecule has 2 saturated heterocycles.